The molecule has 0 aliphatic carbocycles. The van der Waals surface area contributed by atoms with E-state index in [-0.39, 0.29) is 5.69 Å². The molecule has 0 fully saturated rings. The van der Waals surface area contributed by atoms with Crippen molar-refractivity contribution in [1.29, 1.82) is 0 Å². The van der Waals surface area contributed by atoms with Crippen molar-refractivity contribution >= 4 is 5.69 Å². The molecule has 0 bridgehead atoms. The molecule has 1 heterocycles. The molecular weight excluding hydrogens is 330 g/mol. The molecule has 2 aromatic rings. The van der Waals surface area contributed by atoms with E-state index < -0.39 is 15.2 Å². The van der Waals surface area contributed by atoms with Crippen LogP contribution in [0.25, 0.3) is 0 Å². The molecule has 23 heavy (non-hydrogen) atoms. The first kappa shape index (κ1) is 18.9. The predicted octanol–water partition coefficient (Wildman–Crippen LogP) is -1.08. The Morgan fingerprint density at radius 2 is 1.57 bits per heavy atom. The van der Waals surface area contributed by atoms with E-state index in [4.69, 9.17) is 23.1 Å². The number of benzene rings is 1. The Morgan fingerprint density at radius 3 is 2.00 bits per heavy atom. The van der Waals surface area contributed by atoms with Gasteiger partial charge in [0, 0.05) is 24.3 Å². The molecule has 0 saturated carbocycles. The predicted molar refractivity (Wildman–Crippen MR) is 68.5 cm³/mol. The summed E-state index contributed by atoms with van der Waals surface area (Å²) < 4.78 is 39.6. The number of aryl methyl sites for hydroxylation is 2. The molecule has 0 spiro atoms. The van der Waals surface area contributed by atoms with Crippen LogP contribution >= 0.6 is 0 Å². The highest BCUT2D eigenvalue weighted by Crippen LogP contribution is 2.17. The molecule has 0 N–H and O–H groups in total. The highest BCUT2D eigenvalue weighted by atomic mass is 35.7. The number of non-ortho nitro benzene ring substituents is 1. The summed E-state index contributed by atoms with van der Waals surface area (Å²) >= 11 is 0. The first-order valence-corrected chi connectivity index (χ1v) is 7.53. The van der Waals surface area contributed by atoms with Crippen molar-refractivity contribution in [2.24, 2.45) is 0 Å². The number of nitrogens with zero attached hydrogens (tertiary/aromatic N) is 1. The number of halogens is 1. The quantitative estimate of drug-likeness (QED) is 0.391. The van der Waals surface area contributed by atoms with Gasteiger partial charge in [0.1, 0.15) is 0 Å². The van der Waals surface area contributed by atoms with Crippen LogP contribution in [0.5, 0.6) is 0 Å². The topological polar surface area (TPSA) is 147 Å². The van der Waals surface area contributed by atoms with Gasteiger partial charge in [-0.2, -0.15) is 0 Å². The van der Waals surface area contributed by atoms with E-state index in [1.54, 1.807) is 12.1 Å². The lowest BCUT2D eigenvalue weighted by Crippen LogP contribution is -2.68. The number of hydrogen-bond donors (Lipinski definition) is 0. The van der Waals surface area contributed by atoms with Gasteiger partial charge in [-0.15, -0.1) is 10.2 Å². The Bertz CT molecular complexity index is 642. The fraction of sp³-hybridized carbons (Fsp3) is 0.214. The van der Waals surface area contributed by atoms with E-state index >= 15 is 0 Å². The number of hydrogen-bond acceptors (Lipinski definition) is 6. The largest absolute Gasteiger partial charge is 0.334 e. The van der Waals surface area contributed by atoms with Gasteiger partial charge in [0.05, 0.1) is 18.3 Å². The lowest BCUT2D eigenvalue weighted by Gasteiger charge is -2.17. The lowest BCUT2D eigenvalue weighted by molar-refractivity contribution is -2.00. The number of nitro groups is 1. The third kappa shape index (κ3) is 8.19. The van der Waals surface area contributed by atoms with Crippen LogP contribution in [0.3, 0.4) is 0 Å². The maximum atomic E-state index is 10.5. The van der Waals surface area contributed by atoms with Gasteiger partial charge in [-0.05, 0) is 18.1 Å². The molecule has 0 aliphatic rings. The van der Waals surface area contributed by atoms with Crippen LogP contribution in [-0.2, 0) is 6.42 Å². The highest BCUT2D eigenvalue weighted by Gasteiger charge is 2.13. The zero-order valence-electron chi connectivity index (χ0n) is 12.4. The average molecular weight is 344 g/mol. The zero-order valence-corrected chi connectivity index (χ0v) is 13.1. The molecule has 9 heteroatoms. The number of rotatable bonds is 3. The third-order valence-electron chi connectivity index (χ3n) is 2.64. The summed E-state index contributed by atoms with van der Waals surface area (Å²) in [6.45, 7) is 3.92. The second kappa shape index (κ2) is 7.95. The van der Waals surface area contributed by atoms with E-state index in [0.29, 0.717) is 6.42 Å². The molecule has 2 rings (SSSR count). The summed E-state index contributed by atoms with van der Waals surface area (Å²) in [4.78, 5) is 10.1. The summed E-state index contributed by atoms with van der Waals surface area (Å²) in [5.41, 5.74) is 2.25. The fourth-order valence-corrected chi connectivity index (χ4v) is 1.91. The second-order valence-corrected chi connectivity index (χ2v) is 5.45. The summed E-state index contributed by atoms with van der Waals surface area (Å²) in [5, 5.41) is 10.5. The van der Waals surface area contributed by atoms with E-state index in [9.17, 15) is 10.1 Å². The maximum Gasteiger partial charge on any atom is 0.334 e. The first-order valence-electron chi connectivity index (χ1n) is 6.30. The average Bonchev–Trinajstić information content (AvgIpc) is 2.36. The summed E-state index contributed by atoms with van der Waals surface area (Å²) in [6.07, 6.45) is 0.639. The molecule has 0 amide bonds. The van der Waals surface area contributed by atoms with Gasteiger partial charge in [0.25, 0.3) is 5.69 Å². The molecule has 0 saturated heterocycles. The highest BCUT2D eigenvalue weighted by molar-refractivity contribution is 5.34. The molecule has 0 unspecified atom stereocenters. The van der Waals surface area contributed by atoms with Crippen molar-refractivity contribution in [2.75, 3.05) is 0 Å². The Morgan fingerprint density at radius 1 is 1.04 bits per heavy atom. The van der Waals surface area contributed by atoms with E-state index in [2.05, 4.69) is 0 Å². The monoisotopic (exact) mass is 343 g/mol. The van der Waals surface area contributed by atoms with Gasteiger partial charge in [-0.25, -0.2) is 23.1 Å². The summed E-state index contributed by atoms with van der Waals surface area (Å²) in [6, 6.07) is 10.5. The fourth-order valence-electron chi connectivity index (χ4n) is 1.91. The molecule has 0 atom stereocenters. The van der Waals surface area contributed by atoms with Gasteiger partial charge >= 0.3 is 11.5 Å². The summed E-state index contributed by atoms with van der Waals surface area (Å²) in [7, 11) is -4.94. The second-order valence-electron chi connectivity index (χ2n) is 4.69. The first-order chi connectivity index (χ1) is 10.5. The normalized spacial score (nSPS) is 10.7. The summed E-state index contributed by atoms with van der Waals surface area (Å²) in [5.74, 6) is 1.73. The molecule has 8 nitrogen and oxygen atoms in total. The van der Waals surface area contributed by atoms with E-state index in [1.165, 1.54) is 12.1 Å². The zero-order chi connectivity index (χ0) is 17.6. The van der Waals surface area contributed by atoms with E-state index in [0.717, 1.165) is 22.6 Å². The van der Waals surface area contributed by atoms with Gasteiger partial charge in [-0.3, -0.25) is 10.1 Å². The van der Waals surface area contributed by atoms with Crippen LogP contribution in [0.1, 0.15) is 22.6 Å². The van der Waals surface area contributed by atoms with Crippen molar-refractivity contribution in [1.82, 2.24) is 0 Å². The Labute approximate surface area is 134 Å². The number of nitro benzene ring substituents is 1. The lowest BCUT2D eigenvalue weighted by atomic mass is 10.1. The van der Waals surface area contributed by atoms with Gasteiger partial charge in [0.15, 0.2) is 0 Å². The Hall–Kier alpha value is -2.10. The molecular formula is C14H14ClNO7. The molecule has 1 aromatic carbocycles. The van der Waals surface area contributed by atoms with Crippen molar-refractivity contribution in [3.63, 3.8) is 0 Å². The van der Waals surface area contributed by atoms with Crippen LogP contribution in [0, 0.1) is 34.2 Å². The molecule has 0 aliphatic heterocycles. The van der Waals surface area contributed by atoms with Crippen LogP contribution in [-0.4, -0.2) is 4.92 Å². The van der Waals surface area contributed by atoms with Gasteiger partial charge in [0.2, 0.25) is 0 Å². The third-order valence-corrected chi connectivity index (χ3v) is 2.64. The molecule has 1 aromatic heterocycles. The Balaban J connectivity index is 0.000000463. The smallest absolute Gasteiger partial charge is 0.258 e. The van der Waals surface area contributed by atoms with Crippen LogP contribution in [0.4, 0.5) is 5.69 Å². The minimum atomic E-state index is -4.94. The van der Waals surface area contributed by atoms with Gasteiger partial charge < -0.3 is 0 Å². The van der Waals surface area contributed by atoms with Crippen molar-refractivity contribution in [3.05, 3.63) is 69.2 Å². The van der Waals surface area contributed by atoms with Crippen molar-refractivity contribution < 1.29 is 38.2 Å². The molecule has 124 valence electrons. The van der Waals surface area contributed by atoms with Gasteiger partial charge in [-0.1, -0.05) is 12.1 Å². The SMILES string of the molecule is Cc1cc(C)[o+]c(Cc2ccc([N+](=O)[O-])cc2)c1.[O-][Cl+3]([O-])([O-])[O-]. The van der Waals surface area contributed by atoms with Crippen LogP contribution in [0.15, 0.2) is 40.8 Å². The van der Waals surface area contributed by atoms with Crippen LogP contribution in [0.2, 0.25) is 0 Å². The molecule has 0 radical (unpaired) electrons. The minimum absolute atomic E-state index is 0.108. The Kier molecular flexibility index (Phi) is 6.55. The van der Waals surface area contributed by atoms with Crippen molar-refractivity contribution in [3.8, 4) is 0 Å². The maximum absolute atomic E-state index is 10.5. The van der Waals surface area contributed by atoms with Crippen LogP contribution < -0.4 is 18.6 Å². The van der Waals surface area contributed by atoms with E-state index in [1.807, 2.05) is 26.0 Å². The minimum Gasteiger partial charge on any atom is -0.258 e. The van der Waals surface area contributed by atoms with Crippen molar-refractivity contribution in [2.45, 2.75) is 20.3 Å². The standard InChI is InChI=1S/C14H14NO3.ClHO4/c1-10-7-11(2)18-14(8-10)9-12-3-5-13(6-4-12)15(16)17;2-1(3,4)5/h3-8H,9H2,1-2H3;(H,2,3,4,5)/q+1;/p-1.